The number of benzene rings is 1. The van der Waals surface area contributed by atoms with Crippen LogP contribution in [0, 0.1) is 0 Å². The predicted octanol–water partition coefficient (Wildman–Crippen LogP) is 2.74. The van der Waals surface area contributed by atoms with E-state index in [2.05, 4.69) is 20.4 Å². The van der Waals surface area contributed by atoms with Crippen LogP contribution in [0.4, 0.5) is 0 Å². The van der Waals surface area contributed by atoms with Crippen LogP contribution in [0.3, 0.4) is 0 Å². The molecule has 22 heavy (non-hydrogen) atoms. The summed E-state index contributed by atoms with van der Waals surface area (Å²) < 4.78 is 4.60. The molecule has 1 aromatic rings. The monoisotopic (exact) mass is 325 g/mol. The van der Waals surface area contributed by atoms with Gasteiger partial charge in [0.25, 0.3) is 0 Å². The van der Waals surface area contributed by atoms with Gasteiger partial charge in [0.1, 0.15) is 0 Å². The maximum atomic E-state index is 11.0. The second-order valence-corrected chi connectivity index (χ2v) is 5.24. The number of carbonyl (C=O) groups is 1. The highest BCUT2D eigenvalue weighted by atomic mass is 35.5. The number of methoxy groups -OCH3 is 1. The van der Waals surface area contributed by atoms with E-state index in [4.69, 9.17) is 11.6 Å². The number of hydrogen-bond acceptors (Lipinski definition) is 3. The van der Waals surface area contributed by atoms with Crippen molar-refractivity contribution in [3.05, 3.63) is 34.9 Å². The summed E-state index contributed by atoms with van der Waals surface area (Å²) in [5, 5.41) is 7.21. The van der Waals surface area contributed by atoms with Gasteiger partial charge in [0.05, 0.1) is 7.11 Å². The summed E-state index contributed by atoms with van der Waals surface area (Å²) in [6.07, 6.45) is 3.28. The van der Waals surface area contributed by atoms with Gasteiger partial charge in [0, 0.05) is 31.6 Å². The molecule has 0 amide bonds. The number of carbonyl (C=O) groups excluding carboxylic acids is 1. The Balaban J connectivity index is 2.18. The number of guanidine groups is 1. The quantitative estimate of drug-likeness (QED) is 0.334. The summed E-state index contributed by atoms with van der Waals surface area (Å²) in [4.78, 5) is 15.1. The van der Waals surface area contributed by atoms with Gasteiger partial charge in [0.15, 0.2) is 5.96 Å². The number of esters is 1. The summed E-state index contributed by atoms with van der Waals surface area (Å²) >= 11 is 6.11. The fourth-order valence-corrected chi connectivity index (χ4v) is 2.12. The topological polar surface area (TPSA) is 62.7 Å². The van der Waals surface area contributed by atoms with E-state index in [9.17, 15) is 4.79 Å². The van der Waals surface area contributed by atoms with Crippen molar-refractivity contribution in [3.8, 4) is 0 Å². The Morgan fingerprint density at radius 2 is 2.00 bits per heavy atom. The normalized spacial score (nSPS) is 11.1. The summed E-state index contributed by atoms with van der Waals surface area (Å²) in [6.45, 7) is 1.44. The molecular weight excluding hydrogens is 302 g/mol. The summed E-state index contributed by atoms with van der Waals surface area (Å²) in [5.74, 6) is 0.595. The number of rotatable bonds is 8. The lowest BCUT2D eigenvalue weighted by molar-refractivity contribution is -0.140. The second-order valence-electron chi connectivity index (χ2n) is 4.83. The zero-order valence-electron chi connectivity index (χ0n) is 13.2. The molecule has 5 nitrogen and oxygen atoms in total. The van der Waals surface area contributed by atoms with Crippen LogP contribution in [0.15, 0.2) is 29.3 Å². The number of hydrogen-bond donors (Lipinski definition) is 2. The largest absolute Gasteiger partial charge is 0.469 e. The molecule has 0 heterocycles. The molecule has 0 unspecified atom stereocenters. The average Bonchev–Trinajstić information content (AvgIpc) is 2.54. The number of nitrogens with one attached hydrogen (secondary N) is 2. The van der Waals surface area contributed by atoms with Crippen LogP contribution >= 0.6 is 11.6 Å². The highest BCUT2D eigenvalue weighted by Crippen LogP contribution is 2.14. The van der Waals surface area contributed by atoms with E-state index >= 15 is 0 Å². The number of unbranched alkanes of at least 4 members (excludes halogenated alkanes) is 2. The first kappa shape index (κ1) is 18.3. The van der Waals surface area contributed by atoms with Crippen molar-refractivity contribution >= 4 is 23.5 Å². The van der Waals surface area contributed by atoms with Crippen LogP contribution in [-0.4, -0.2) is 32.6 Å². The summed E-state index contributed by atoms with van der Waals surface area (Å²) in [7, 11) is 3.15. The number of halogens is 1. The van der Waals surface area contributed by atoms with Gasteiger partial charge in [-0.25, -0.2) is 0 Å². The second kappa shape index (κ2) is 10.9. The van der Waals surface area contributed by atoms with Gasteiger partial charge < -0.3 is 15.4 Å². The highest BCUT2D eigenvalue weighted by molar-refractivity contribution is 6.31. The maximum Gasteiger partial charge on any atom is 0.305 e. The van der Waals surface area contributed by atoms with Gasteiger partial charge in [-0.05, 0) is 24.5 Å². The molecule has 2 N–H and O–H groups in total. The number of ether oxygens (including phenoxy) is 1. The van der Waals surface area contributed by atoms with E-state index in [1.165, 1.54) is 7.11 Å². The van der Waals surface area contributed by atoms with Crippen LogP contribution in [0.25, 0.3) is 0 Å². The van der Waals surface area contributed by atoms with Crippen molar-refractivity contribution in [1.29, 1.82) is 0 Å². The van der Waals surface area contributed by atoms with Crippen LogP contribution < -0.4 is 10.6 Å². The highest BCUT2D eigenvalue weighted by Gasteiger charge is 2.02. The van der Waals surface area contributed by atoms with Gasteiger partial charge >= 0.3 is 5.97 Å². The summed E-state index contributed by atoms with van der Waals surface area (Å²) in [5.41, 5.74) is 1.03. The smallest absolute Gasteiger partial charge is 0.305 e. The van der Waals surface area contributed by atoms with E-state index in [-0.39, 0.29) is 5.97 Å². The van der Waals surface area contributed by atoms with E-state index in [1.54, 1.807) is 7.05 Å². The Bertz CT molecular complexity index is 492. The third kappa shape index (κ3) is 7.31. The molecule has 0 aromatic heterocycles. The fraction of sp³-hybridized carbons (Fsp3) is 0.500. The molecule has 0 spiro atoms. The van der Waals surface area contributed by atoms with Gasteiger partial charge in [-0.2, -0.15) is 0 Å². The van der Waals surface area contributed by atoms with Crippen molar-refractivity contribution in [2.24, 2.45) is 4.99 Å². The lowest BCUT2D eigenvalue weighted by Crippen LogP contribution is -2.37. The van der Waals surface area contributed by atoms with E-state index in [0.717, 1.165) is 42.4 Å². The Morgan fingerprint density at radius 3 is 2.68 bits per heavy atom. The number of nitrogens with zero attached hydrogens (tertiary/aromatic N) is 1. The molecule has 1 rings (SSSR count). The van der Waals surface area contributed by atoms with Crippen molar-refractivity contribution in [1.82, 2.24) is 10.6 Å². The lowest BCUT2D eigenvalue weighted by atomic mass is 10.2. The number of aliphatic imine (C=N–C) groups is 1. The fourth-order valence-electron chi connectivity index (χ4n) is 1.92. The van der Waals surface area contributed by atoms with E-state index in [0.29, 0.717) is 13.0 Å². The van der Waals surface area contributed by atoms with Gasteiger partial charge in [-0.15, -0.1) is 0 Å². The zero-order chi connectivity index (χ0) is 16.2. The first-order valence-electron chi connectivity index (χ1n) is 7.42. The molecule has 1 aromatic carbocycles. The molecule has 0 aliphatic heterocycles. The minimum Gasteiger partial charge on any atom is -0.469 e. The van der Waals surface area contributed by atoms with Crippen molar-refractivity contribution < 1.29 is 9.53 Å². The Kier molecular flexibility index (Phi) is 9.07. The molecule has 0 aliphatic rings. The SMILES string of the molecule is CN=C(NCCCCCC(=O)OC)NCc1ccccc1Cl. The molecule has 0 radical (unpaired) electrons. The minimum atomic E-state index is -0.148. The molecule has 0 saturated carbocycles. The first-order valence-corrected chi connectivity index (χ1v) is 7.80. The first-order chi connectivity index (χ1) is 10.7. The molecule has 0 saturated heterocycles. The molecule has 6 heteroatoms. The van der Waals surface area contributed by atoms with Crippen LogP contribution in [0.1, 0.15) is 31.2 Å². The lowest BCUT2D eigenvalue weighted by Gasteiger charge is -2.12. The predicted molar refractivity (Wildman–Crippen MR) is 90.1 cm³/mol. The maximum absolute atomic E-state index is 11.0. The average molecular weight is 326 g/mol. The van der Waals surface area contributed by atoms with Crippen LogP contribution in [-0.2, 0) is 16.1 Å². The molecular formula is C16H24ClN3O2. The molecule has 0 fully saturated rings. The van der Waals surface area contributed by atoms with Crippen LogP contribution in [0.5, 0.6) is 0 Å². The Labute approximate surface area is 137 Å². The Hall–Kier alpha value is -1.75. The zero-order valence-corrected chi connectivity index (χ0v) is 13.9. The minimum absolute atomic E-state index is 0.148. The van der Waals surface area contributed by atoms with Gasteiger partial charge in [-0.1, -0.05) is 36.2 Å². The van der Waals surface area contributed by atoms with Gasteiger partial charge in [-0.3, -0.25) is 9.79 Å². The molecule has 122 valence electrons. The van der Waals surface area contributed by atoms with Crippen molar-refractivity contribution in [2.75, 3.05) is 20.7 Å². The van der Waals surface area contributed by atoms with E-state index < -0.39 is 0 Å². The standard InChI is InChI=1S/C16H24ClN3O2/c1-18-16(19-11-7-3-4-10-15(21)22-2)20-12-13-8-5-6-9-14(13)17/h5-6,8-9H,3-4,7,10-12H2,1-2H3,(H2,18,19,20). The Morgan fingerprint density at radius 1 is 1.23 bits per heavy atom. The van der Waals surface area contributed by atoms with Crippen molar-refractivity contribution in [3.63, 3.8) is 0 Å². The third-order valence-corrected chi connectivity index (χ3v) is 3.57. The third-order valence-electron chi connectivity index (χ3n) is 3.21. The van der Waals surface area contributed by atoms with Crippen LogP contribution in [0.2, 0.25) is 5.02 Å². The van der Waals surface area contributed by atoms with E-state index in [1.807, 2.05) is 24.3 Å². The summed E-state index contributed by atoms with van der Waals surface area (Å²) in [6, 6.07) is 7.72. The van der Waals surface area contributed by atoms with Gasteiger partial charge in [0.2, 0.25) is 0 Å². The molecule has 0 atom stereocenters. The van der Waals surface area contributed by atoms with Crippen molar-refractivity contribution in [2.45, 2.75) is 32.2 Å². The molecule has 0 aliphatic carbocycles. The molecule has 0 bridgehead atoms.